The van der Waals surface area contributed by atoms with E-state index in [1.807, 2.05) is 20.8 Å². The third-order valence-corrected chi connectivity index (χ3v) is 3.91. The van der Waals surface area contributed by atoms with E-state index in [1.165, 1.54) is 0 Å². The van der Waals surface area contributed by atoms with E-state index in [0.717, 1.165) is 0 Å². The van der Waals surface area contributed by atoms with Crippen molar-refractivity contribution >= 4 is 11.9 Å². The number of hydrogen-bond acceptors (Lipinski definition) is 3. The van der Waals surface area contributed by atoms with Gasteiger partial charge in [-0.25, -0.2) is 0 Å². The predicted molar refractivity (Wildman–Crippen MR) is 67.2 cm³/mol. The number of nitrogens with zero attached hydrogens (tertiary/aromatic N) is 1. The van der Waals surface area contributed by atoms with Crippen LogP contribution in [0.25, 0.3) is 0 Å². The Morgan fingerprint density at radius 3 is 2.39 bits per heavy atom. The van der Waals surface area contributed by atoms with E-state index >= 15 is 0 Å². The molecule has 0 aromatic heterocycles. The molecular formula is C13H23NO4. The van der Waals surface area contributed by atoms with Crippen LogP contribution in [0, 0.1) is 11.3 Å². The number of aliphatic carboxylic acids is 1. The molecule has 1 N–H and O–H groups in total. The third kappa shape index (κ3) is 2.66. The fourth-order valence-corrected chi connectivity index (χ4v) is 2.49. The highest BCUT2D eigenvalue weighted by atomic mass is 16.5. The van der Waals surface area contributed by atoms with Gasteiger partial charge in [-0.15, -0.1) is 0 Å². The normalized spacial score (nSPS) is 25.5. The maximum absolute atomic E-state index is 12.1. The Balaban J connectivity index is 2.75. The highest BCUT2D eigenvalue weighted by Gasteiger charge is 2.48. The van der Waals surface area contributed by atoms with E-state index in [0.29, 0.717) is 19.6 Å². The Morgan fingerprint density at radius 1 is 1.39 bits per heavy atom. The molecule has 0 aliphatic carbocycles. The molecule has 104 valence electrons. The van der Waals surface area contributed by atoms with Crippen molar-refractivity contribution in [2.24, 2.45) is 11.3 Å². The molecule has 1 aliphatic rings. The molecule has 1 aliphatic heterocycles. The van der Waals surface area contributed by atoms with Crippen molar-refractivity contribution in [3.05, 3.63) is 0 Å². The topological polar surface area (TPSA) is 66.8 Å². The van der Waals surface area contributed by atoms with Gasteiger partial charge in [-0.2, -0.15) is 0 Å². The molecule has 0 saturated carbocycles. The number of amides is 1. The Bertz CT molecular complexity index is 329. The van der Waals surface area contributed by atoms with Crippen LogP contribution in [0.15, 0.2) is 0 Å². The Labute approximate surface area is 108 Å². The fourth-order valence-electron chi connectivity index (χ4n) is 2.49. The van der Waals surface area contributed by atoms with Crippen molar-refractivity contribution in [2.45, 2.75) is 40.2 Å². The van der Waals surface area contributed by atoms with E-state index in [4.69, 9.17) is 4.74 Å². The lowest BCUT2D eigenvalue weighted by Gasteiger charge is -2.29. The van der Waals surface area contributed by atoms with Crippen molar-refractivity contribution < 1.29 is 19.4 Å². The quantitative estimate of drug-likeness (QED) is 0.807. The Kier molecular flexibility index (Phi) is 4.73. The number of hydrogen-bond donors (Lipinski definition) is 1. The summed E-state index contributed by atoms with van der Waals surface area (Å²) in [6, 6.07) is 0. The number of ether oxygens (including phenoxy) is 1. The van der Waals surface area contributed by atoms with Crippen LogP contribution in [0.4, 0.5) is 0 Å². The van der Waals surface area contributed by atoms with E-state index in [1.54, 1.807) is 11.8 Å². The number of carbonyl (C=O) groups is 2. The second-order valence-electron chi connectivity index (χ2n) is 5.22. The molecule has 0 aromatic carbocycles. The summed E-state index contributed by atoms with van der Waals surface area (Å²) in [5.41, 5.74) is -0.804. The molecular weight excluding hydrogens is 234 g/mol. The van der Waals surface area contributed by atoms with Gasteiger partial charge < -0.3 is 14.7 Å². The second kappa shape index (κ2) is 5.69. The zero-order valence-electron chi connectivity index (χ0n) is 11.6. The summed E-state index contributed by atoms with van der Waals surface area (Å²) in [6.07, 6.45) is 0.0247. The van der Waals surface area contributed by atoms with Gasteiger partial charge in [-0.3, -0.25) is 9.59 Å². The summed E-state index contributed by atoms with van der Waals surface area (Å²) in [5, 5.41) is 9.41. The van der Waals surface area contributed by atoms with Crippen LogP contribution in [-0.4, -0.2) is 47.7 Å². The molecule has 5 nitrogen and oxygen atoms in total. The van der Waals surface area contributed by atoms with Crippen molar-refractivity contribution in [3.63, 3.8) is 0 Å². The number of carboxylic acids is 1. The lowest BCUT2D eigenvalue weighted by atomic mass is 9.76. The molecule has 2 atom stereocenters. The largest absolute Gasteiger partial charge is 0.481 e. The van der Waals surface area contributed by atoms with Gasteiger partial charge in [0.15, 0.2) is 0 Å². The van der Waals surface area contributed by atoms with E-state index in [-0.39, 0.29) is 18.4 Å². The molecule has 0 radical (unpaired) electrons. The van der Waals surface area contributed by atoms with Gasteiger partial charge in [0.1, 0.15) is 6.10 Å². The van der Waals surface area contributed by atoms with E-state index in [2.05, 4.69) is 0 Å². The first-order valence-electron chi connectivity index (χ1n) is 6.49. The standard InChI is InChI=1S/C13H23NO4/c1-5-18-10(4)11(15)14-7-6-13(8-14,9(2)3)12(16)17/h9-10H,5-8H2,1-4H3,(H,16,17). The summed E-state index contributed by atoms with van der Waals surface area (Å²) in [4.78, 5) is 25.2. The smallest absolute Gasteiger partial charge is 0.311 e. The number of rotatable bonds is 5. The summed E-state index contributed by atoms with van der Waals surface area (Å²) < 4.78 is 5.27. The molecule has 18 heavy (non-hydrogen) atoms. The molecule has 1 fully saturated rings. The summed E-state index contributed by atoms with van der Waals surface area (Å²) in [7, 11) is 0. The van der Waals surface area contributed by atoms with Crippen molar-refractivity contribution in [1.29, 1.82) is 0 Å². The molecule has 2 unspecified atom stereocenters. The minimum atomic E-state index is -0.808. The molecule has 1 rings (SSSR count). The minimum absolute atomic E-state index is 0.00944. The van der Waals surface area contributed by atoms with Gasteiger partial charge in [0.25, 0.3) is 5.91 Å². The fraction of sp³-hybridized carbons (Fsp3) is 0.846. The summed E-state index contributed by atoms with van der Waals surface area (Å²) in [5.74, 6) is -0.910. The summed E-state index contributed by atoms with van der Waals surface area (Å²) in [6.45, 7) is 8.61. The van der Waals surface area contributed by atoms with Gasteiger partial charge in [0.2, 0.25) is 0 Å². The predicted octanol–water partition coefficient (Wildman–Crippen LogP) is 1.37. The number of carbonyl (C=O) groups excluding carboxylic acids is 1. The van der Waals surface area contributed by atoms with Crippen LogP contribution in [-0.2, 0) is 14.3 Å². The maximum atomic E-state index is 12.1. The first-order valence-corrected chi connectivity index (χ1v) is 6.49. The number of likely N-dealkylation sites (tertiary alicyclic amines) is 1. The third-order valence-electron chi connectivity index (χ3n) is 3.91. The maximum Gasteiger partial charge on any atom is 0.311 e. The van der Waals surface area contributed by atoms with E-state index in [9.17, 15) is 14.7 Å². The first-order chi connectivity index (χ1) is 8.35. The monoisotopic (exact) mass is 257 g/mol. The van der Waals surface area contributed by atoms with Crippen LogP contribution < -0.4 is 0 Å². The average Bonchev–Trinajstić information content (AvgIpc) is 2.74. The van der Waals surface area contributed by atoms with Gasteiger partial charge in [-0.1, -0.05) is 13.8 Å². The second-order valence-corrected chi connectivity index (χ2v) is 5.22. The Hall–Kier alpha value is -1.10. The minimum Gasteiger partial charge on any atom is -0.481 e. The van der Waals surface area contributed by atoms with E-state index < -0.39 is 17.5 Å². The lowest BCUT2D eigenvalue weighted by Crippen LogP contribution is -2.43. The lowest BCUT2D eigenvalue weighted by molar-refractivity contribution is -0.152. The van der Waals surface area contributed by atoms with Gasteiger partial charge >= 0.3 is 5.97 Å². The van der Waals surface area contributed by atoms with Crippen molar-refractivity contribution in [1.82, 2.24) is 4.90 Å². The SMILES string of the molecule is CCOC(C)C(=O)N1CCC(C(=O)O)(C(C)C)C1. The molecule has 0 bridgehead atoms. The first kappa shape index (κ1) is 15.0. The Morgan fingerprint density at radius 2 is 2.00 bits per heavy atom. The molecule has 1 heterocycles. The van der Waals surface area contributed by atoms with Crippen molar-refractivity contribution in [2.75, 3.05) is 19.7 Å². The molecule has 5 heteroatoms. The van der Waals surface area contributed by atoms with Crippen molar-refractivity contribution in [3.8, 4) is 0 Å². The van der Waals surface area contributed by atoms with Crippen LogP contribution in [0.5, 0.6) is 0 Å². The van der Waals surface area contributed by atoms with Crippen LogP contribution >= 0.6 is 0 Å². The summed E-state index contributed by atoms with van der Waals surface area (Å²) >= 11 is 0. The highest BCUT2D eigenvalue weighted by Crippen LogP contribution is 2.38. The zero-order valence-corrected chi connectivity index (χ0v) is 11.6. The molecule has 0 aromatic rings. The number of carboxylic acid groups (broad SMARTS) is 1. The van der Waals surface area contributed by atoms with Crippen LogP contribution in [0.1, 0.15) is 34.1 Å². The van der Waals surface area contributed by atoms with Gasteiger partial charge in [0, 0.05) is 19.7 Å². The van der Waals surface area contributed by atoms with Crippen LogP contribution in [0.2, 0.25) is 0 Å². The molecule has 0 spiro atoms. The average molecular weight is 257 g/mol. The molecule has 1 saturated heterocycles. The highest BCUT2D eigenvalue weighted by molar-refractivity contribution is 5.83. The zero-order chi connectivity index (χ0) is 13.9. The van der Waals surface area contributed by atoms with Crippen LogP contribution in [0.3, 0.4) is 0 Å². The van der Waals surface area contributed by atoms with Gasteiger partial charge in [-0.05, 0) is 26.2 Å². The molecule has 1 amide bonds. The van der Waals surface area contributed by atoms with Gasteiger partial charge in [0.05, 0.1) is 5.41 Å².